The lowest BCUT2D eigenvalue weighted by Crippen LogP contribution is -2.50. The van der Waals surface area contributed by atoms with E-state index in [0.29, 0.717) is 13.1 Å². The van der Waals surface area contributed by atoms with E-state index in [4.69, 9.17) is 0 Å². The third kappa shape index (κ3) is 2.30. The molecule has 2 rings (SSSR count). The first-order chi connectivity index (χ1) is 7.27. The molecule has 0 radical (unpaired) electrons. The number of nitrogens with one attached hydrogen (secondary N) is 2. The summed E-state index contributed by atoms with van der Waals surface area (Å²) in [5.74, 6) is -0.403. The van der Waals surface area contributed by atoms with E-state index in [2.05, 4.69) is 15.6 Å². The van der Waals surface area contributed by atoms with Gasteiger partial charge in [-0.25, -0.2) is 4.39 Å². The molecule has 1 amide bonds. The molecule has 5 heteroatoms. The van der Waals surface area contributed by atoms with Crippen molar-refractivity contribution in [1.29, 1.82) is 0 Å². The molecule has 1 aromatic rings. The molecule has 15 heavy (non-hydrogen) atoms. The van der Waals surface area contributed by atoms with E-state index >= 15 is 0 Å². The van der Waals surface area contributed by atoms with Crippen LogP contribution in [0, 0.1) is 11.7 Å². The number of rotatable bonds is 3. The molecule has 2 N–H and O–H groups in total. The molecule has 80 valence electrons. The number of carbonyl (C=O) groups excluding carboxylic acids is 1. The molecular weight excluding hydrogens is 197 g/mol. The molecule has 0 spiro atoms. The maximum Gasteiger partial charge on any atom is 0.226 e. The van der Waals surface area contributed by atoms with Gasteiger partial charge in [0.2, 0.25) is 5.91 Å². The smallest absolute Gasteiger partial charge is 0.226 e. The molecule has 0 bridgehead atoms. The second kappa shape index (κ2) is 4.35. The van der Waals surface area contributed by atoms with Crippen molar-refractivity contribution in [3.05, 3.63) is 29.8 Å². The van der Waals surface area contributed by atoms with Crippen molar-refractivity contribution in [2.24, 2.45) is 5.92 Å². The van der Waals surface area contributed by atoms with Crippen LogP contribution in [0.15, 0.2) is 18.3 Å². The quantitative estimate of drug-likeness (QED) is 0.740. The molecule has 2 heterocycles. The second-order valence-corrected chi connectivity index (χ2v) is 3.50. The van der Waals surface area contributed by atoms with Crippen LogP contribution in [0.4, 0.5) is 4.39 Å². The number of amides is 1. The summed E-state index contributed by atoms with van der Waals surface area (Å²) in [6, 6.07) is 2.86. The predicted molar refractivity (Wildman–Crippen MR) is 52.4 cm³/mol. The van der Waals surface area contributed by atoms with E-state index in [9.17, 15) is 9.18 Å². The third-order valence-electron chi connectivity index (χ3n) is 2.42. The average Bonchev–Trinajstić information content (AvgIpc) is 2.14. The molecule has 0 atom stereocenters. The number of hydrogen-bond acceptors (Lipinski definition) is 3. The first kappa shape index (κ1) is 10.0. The fraction of sp³-hybridized carbons (Fsp3) is 0.400. The first-order valence-corrected chi connectivity index (χ1v) is 4.85. The number of pyridine rings is 1. The minimum atomic E-state index is -0.385. The Morgan fingerprint density at radius 3 is 3.07 bits per heavy atom. The molecule has 4 nitrogen and oxygen atoms in total. The van der Waals surface area contributed by atoms with Crippen molar-refractivity contribution in [2.45, 2.75) is 6.54 Å². The van der Waals surface area contributed by atoms with E-state index in [0.717, 1.165) is 0 Å². The van der Waals surface area contributed by atoms with Gasteiger partial charge in [0.05, 0.1) is 18.2 Å². The van der Waals surface area contributed by atoms with Gasteiger partial charge in [0, 0.05) is 19.3 Å². The van der Waals surface area contributed by atoms with Crippen LogP contribution in [0.25, 0.3) is 0 Å². The Hall–Kier alpha value is -1.49. The Labute approximate surface area is 86.9 Å². The topological polar surface area (TPSA) is 54.0 Å². The lowest BCUT2D eigenvalue weighted by atomic mass is 10.0. The highest BCUT2D eigenvalue weighted by molar-refractivity contribution is 5.79. The maximum absolute atomic E-state index is 13.1. The van der Waals surface area contributed by atoms with Gasteiger partial charge in [-0.3, -0.25) is 9.78 Å². The number of nitrogens with zero attached hydrogens (tertiary/aromatic N) is 1. The molecule has 0 unspecified atom stereocenters. The van der Waals surface area contributed by atoms with Gasteiger partial charge in [-0.15, -0.1) is 0 Å². The van der Waals surface area contributed by atoms with Crippen molar-refractivity contribution in [2.75, 3.05) is 13.1 Å². The van der Waals surface area contributed by atoms with Crippen LogP contribution >= 0.6 is 0 Å². The zero-order valence-corrected chi connectivity index (χ0v) is 8.16. The van der Waals surface area contributed by atoms with Gasteiger partial charge in [0.1, 0.15) is 5.82 Å². The number of aromatic nitrogens is 1. The van der Waals surface area contributed by atoms with Crippen LogP contribution in [-0.2, 0) is 11.3 Å². The molecule has 1 aliphatic heterocycles. The largest absolute Gasteiger partial charge is 0.350 e. The van der Waals surface area contributed by atoms with Crippen LogP contribution in [-0.4, -0.2) is 24.0 Å². The van der Waals surface area contributed by atoms with Gasteiger partial charge in [-0.2, -0.15) is 0 Å². The summed E-state index contributed by atoms with van der Waals surface area (Å²) < 4.78 is 13.1. The van der Waals surface area contributed by atoms with Crippen molar-refractivity contribution in [3.8, 4) is 0 Å². The Morgan fingerprint density at radius 2 is 2.47 bits per heavy atom. The Bertz CT molecular complexity index is 365. The lowest BCUT2D eigenvalue weighted by molar-refractivity contribution is -0.126. The second-order valence-electron chi connectivity index (χ2n) is 3.50. The molecule has 0 saturated carbocycles. The molecule has 1 saturated heterocycles. The normalized spacial score (nSPS) is 15.8. The first-order valence-electron chi connectivity index (χ1n) is 4.85. The number of hydrogen-bond donors (Lipinski definition) is 2. The van der Waals surface area contributed by atoms with Crippen molar-refractivity contribution in [3.63, 3.8) is 0 Å². The summed E-state index contributed by atoms with van der Waals surface area (Å²) in [5.41, 5.74) is 0.276. The minimum Gasteiger partial charge on any atom is -0.350 e. The van der Waals surface area contributed by atoms with E-state index in [-0.39, 0.29) is 29.9 Å². The molecule has 1 aromatic heterocycles. The van der Waals surface area contributed by atoms with E-state index < -0.39 is 0 Å². The molecular formula is C10H12FN3O. The van der Waals surface area contributed by atoms with E-state index in [1.807, 2.05) is 0 Å². The fourth-order valence-electron chi connectivity index (χ4n) is 1.34. The zero-order valence-electron chi connectivity index (χ0n) is 8.16. The SMILES string of the molecule is O=C(NCc1ncccc1F)C1CNC1. The molecule has 1 aliphatic rings. The molecule has 0 aromatic carbocycles. The highest BCUT2D eigenvalue weighted by Gasteiger charge is 2.24. The number of halogens is 1. The highest BCUT2D eigenvalue weighted by atomic mass is 19.1. The van der Waals surface area contributed by atoms with Gasteiger partial charge in [-0.1, -0.05) is 0 Å². The van der Waals surface area contributed by atoms with Gasteiger partial charge in [0.15, 0.2) is 0 Å². The Morgan fingerprint density at radius 1 is 1.67 bits per heavy atom. The predicted octanol–water partition coefficient (Wildman–Crippen LogP) is 0.0563. The van der Waals surface area contributed by atoms with Crippen LogP contribution in [0.5, 0.6) is 0 Å². The van der Waals surface area contributed by atoms with Crippen LogP contribution < -0.4 is 10.6 Å². The summed E-state index contributed by atoms with van der Waals surface area (Å²) in [7, 11) is 0. The lowest BCUT2D eigenvalue weighted by Gasteiger charge is -2.25. The standard InChI is InChI=1S/C10H12FN3O/c11-8-2-1-3-13-9(8)6-14-10(15)7-4-12-5-7/h1-3,7,12H,4-6H2,(H,14,15). The van der Waals surface area contributed by atoms with Crippen molar-refractivity contribution >= 4 is 5.91 Å². The van der Waals surface area contributed by atoms with Gasteiger partial charge in [0.25, 0.3) is 0 Å². The van der Waals surface area contributed by atoms with Gasteiger partial charge in [-0.05, 0) is 12.1 Å². The Kier molecular flexibility index (Phi) is 2.91. The fourth-order valence-corrected chi connectivity index (χ4v) is 1.34. The zero-order chi connectivity index (χ0) is 10.7. The highest BCUT2D eigenvalue weighted by Crippen LogP contribution is 2.05. The minimum absolute atomic E-state index is 0.0248. The van der Waals surface area contributed by atoms with Gasteiger partial charge < -0.3 is 10.6 Å². The van der Waals surface area contributed by atoms with Gasteiger partial charge >= 0.3 is 0 Å². The molecule has 1 fully saturated rings. The maximum atomic E-state index is 13.1. The summed E-state index contributed by atoms with van der Waals surface area (Å²) in [5, 5.41) is 5.66. The van der Waals surface area contributed by atoms with Crippen LogP contribution in [0.1, 0.15) is 5.69 Å². The Balaban J connectivity index is 1.87. The van der Waals surface area contributed by atoms with E-state index in [1.54, 1.807) is 0 Å². The average molecular weight is 209 g/mol. The van der Waals surface area contributed by atoms with Crippen molar-refractivity contribution < 1.29 is 9.18 Å². The number of carbonyl (C=O) groups is 1. The van der Waals surface area contributed by atoms with Crippen molar-refractivity contribution in [1.82, 2.24) is 15.6 Å². The summed E-state index contributed by atoms with van der Waals surface area (Å²) in [6.07, 6.45) is 1.51. The summed E-state index contributed by atoms with van der Waals surface area (Å²) in [4.78, 5) is 15.3. The van der Waals surface area contributed by atoms with Crippen LogP contribution in [0.3, 0.4) is 0 Å². The van der Waals surface area contributed by atoms with E-state index in [1.165, 1.54) is 18.3 Å². The third-order valence-corrected chi connectivity index (χ3v) is 2.42. The van der Waals surface area contributed by atoms with Crippen LogP contribution in [0.2, 0.25) is 0 Å². The summed E-state index contributed by atoms with van der Waals surface area (Å²) in [6.45, 7) is 1.56. The summed E-state index contributed by atoms with van der Waals surface area (Å²) >= 11 is 0. The monoisotopic (exact) mass is 209 g/mol. The molecule has 0 aliphatic carbocycles.